The number of aliphatic carboxylic acids is 1. The minimum Gasteiger partial charge on any atom is -0.480 e. The third kappa shape index (κ3) is 6.11. The van der Waals surface area contributed by atoms with Crippen LogP contribution >= 0.6 is 0 Å². The first-order chi connectivity index (χ1) is 7.92. The summed E-state index contributed by atoms with van der Waals surface area (Å²) in [4.78, 5) is 24.2. The number of hydrogen-bond donors (Lipinski definition) is 2. The molecule has 0 bridgehead atoms. The Balaban J connectivity index is 4.40. The van der Waals surface area contributed by atoms with Crippen molar-refractivity contribution in [1.29, 1.82) is 0 Å². The van der Waals surface area contributed by atoms with E-state index in [9.17, 15) is 9.59 Å². The Labute approximate surface area is 102 Å². The van der Waals surface area contributed by atoms with Crippen LogP contribution in [0, 0.1) is 5.92 Å². The number of carboxylic acids is 1. The van der Waals surface area contributed by atoms with Crippen LogP contribution in [0.1, 0.15) is 20.8 Å². The molecule has 0 saturated carbocycles. The number of carbonyl (C=O) groups is 2. The van der Waals surface area contributed by atoms with Crippen LogP contribution in [0.3, 0.4) is 0 Å². The summed E-state index contributed by atoms with van der Waals surface area (Å²) in [5.41, 5.74) is 0. The van der Waals surface area contributed by atoms with Crippen LogP contribution in [0.5, 0.6) is 0 Å². The summed E-state index contributed by atoms with van der Waals surface area (Å²) in [6, 6.07) is -1.38. The second-order valence-electron chi connectivity index (χ2n) is 4.23. The molecule has 6 heteroatoms. The van der Waals surface area contributed by atoms with Gasteiger partial charge in [-0.1, -0.05) is 13.8 Å². The lowest BCUT2D eigenvalue weighted by Crippen LogP contribution is -2.50. The van der Waals surface area contributed by atoms with Crippen LogP contribution in [0.2, 0.25) is 0 Å². The van der Waals surface area contributed by atoms with Crippen LogP contribution < -0.4 is 5.32 Å². The molecule has 0 aliphatic heterocycles. The van der Waals surface area contributed by atoms with E-state index >= 15 is 0 Å². The van der Waals surface area contributed by atoms with Crippen molar-refractivity contribution in [1.82, 2.24) is 10.2 Å². The van der Waals surface area contributed by atoms with Gasteiger partial charge in [0.1, 0.15) is 0 Å². The first kappa shape index (κ1) is 15.7. The van der Waals surface area contributed by atoms with E-state index in [4.69, 9.17) is 9.84 Å². The number of carboxylic acid groups (broad SMARTS) is 1. The molecule has 0 radical (unpaired) electrons. The quantitative estimate of drug-likeness (QED) is 0.695. The van der Waals surface area contributed by atoms with E-state index < -0.39 is 12.0 Å². The summed E-state index contributed by atoms with van der Waals surface area (Å²) >= 11 is 0. The summed E-state index contributed by atoms with van der Waals surface area (Å²) < 4.78 is 4.75. The topological polar surface area (TPSA) is 78.9 Å². The highest BCUT2D eigenvalue weighted by molar-refractivity contribution is 5.82. The number of nitrogens with zero attached hydrogens (tertiary/aromatic N) is 1. The highest BCUT2D eigenvalue weighted by Crippen LogP contribution is 1.99. The van der Waals surface area contributed by atoms with Crippen molar-refractivity contribution in [3.8, 4) is 0 Å². The van der Waals surface area contributed by atoms with E-state index in [1.807, 2.05) is 20.8 Å². The average molecular weight is 246 g/mol. The molecule has 0 fully saturated rings. The van der Waals surface area contributed by atoms with Crippen LogP contribution in [0.25, 0.3) is 0 Å². The molecule has 2 amide bonds. The third-order valence-electron chi connectivity index (χ3n) is 2.18. The smallest absolute Gasteiger partial charge is 0.328 e. The van der Waals surface area contributed by atoms with E-state index in [0.717, 1.165) is 0 Å². The largest absolute Gasteiger partial charge is 0.480 e. The number of ether oxygens (including phenoxy) is 1. The minimum atomic E-state index is -1.10. The summed E-state index contributed by atoms with van der Waals surface area (Å²) in [6.45, 7) is 6.96. The number of nitrogens with one attached hydrogen (secondary N) is 1. The Hall–Kier alpha value is -1.30. The Morgan fingerprint density at radius 2 is 2.00 bits per heavy atom. The zero-order valence-corrected chi connectivity index (χ0v) is 10.9. The first-order valence-corrected chi connectivity index (χ1v) is 5.69. The summed E-state index contributed by atoms with van der Waals surface area (Å²) in [6.07, 6.45) is 0. The molecule has 0 aromatic carbocycles. The Morgan fingerprint density at radius 3 is 2.35 bits per heavy atom. The second-order valence-corrected chi connectivity index (χ2v) is 4.23. The second kappa shape index (κ2) is 7.89. The van der Waals surface area contributed by atoms with Crippen LogP contribution in [-0.4, -0.2) is 54.9 Å². The minimum absolute atomic E-state index is 0.0414. The average Bonchev–Trinajstić information content (AvgIpc) is 2.24. The van der Waals surface area contributed by atoms with Crippen molar-refractivity contribution in [3.05, 3.63) is 0 Å². The van der Waals surface area contributed by atoms with Gasteiger partial charge in [0, 0.05) is 20.2 Å². The van der Waals surface area contributed by atoms with Crippen LogP contribution in [0.15, 0.2) is 0 Å². The molecule has 0 heterocycles. The van der Waals surface area contributed by atoms with E-state index in [2.05, 4.69) is 5.32 Å². The highest BCUT2D eigenvalue weighted by atomic mass is 16.5. The van der Waals surface area contributed by atoms with Crippen molar-refractivity contribution in [2.24, 2.45) is 5.92 Å². The zero-order chi connectivity index (χ0) is 13.4. The fraction of sp³-hybridized carbons (Fsp3) is 0.818. The van der Waals surface area contributed by atoms with Crippen molar-refractivity contribution >= 4 is 12.0 Å². The molecule has 0 saturated heterocycles. The molecule has 17 heavy (non-hydrogen) atoms. The Bertz CT molecular complexity index is 256. The van der Waals surface area contributed by atoms with E-state index in [1.165, 1.54) is 7.11 Å². The SMILES string of the molecule is CCN(CC(C)C)C(=O)NC(COC)C(=O)O. The lowest BCUT2D eigenvalue weighted by atomic mass is 10.2. The van der Waals surface area contributed by atoms with E-state index in [-0.39, 0.29) is 12.6 Å². The molecule has 1 atom stereocenters. The van der Waals surface area contributed by atoms with E-state index in [1.54, 1.807) is 4.90 Å². The molecule has 0 aromatic rings. The Kier molecular flexibility index (Phi) is 7.29. The molecular weight excluding hydrogens is 224 g/mol. The van der Waals surface area contributed by atoms with Gasteiger partial charge in [-0.2, -0.15) is 0 Å². The molecule has 0 aliphatic rings. The number of methoxy groups -OCH3 is 1. The fourth-order valence-electron chi connectivity index (χ4n) is 1.38. The van der Waals surface area contributed by atoms with Gasteiger partial charge in [-0.25, -0.2) is 9.59 Å². The van der Waals surface area contributed by atoms with Crippen molar-refractivity contribution in [2.75, 3.05) is 26.8 Å². The highest BCUT2D eigenvalue weighted by Gasteiger charge is 2.22. The van der Waals surface area contributed by atoms with E-state index in [0.29, 0.717) is 19.0 Å². The fourth-order valence-corrected chi connectivity index (χ4v) is 1.38. The molecule has 0 rings (SSSR count). The predicted octanol–water partition coefficient (Wildman–Crippen LogP) is 0.773. The summed E-state index contributed by atoms with van der Waals surface area (Å²) in [7, 11) is 1.40. The van der Waals surface area contributed by atoms with Gasteiger partial charge in [0.25, 0.3) is 0 Å². The maximum absolute atomic E-state index is 11.8. The van der Waals surface area contributed by atoms with Gasteiger partial charge in [-0.15, -0.1) is 0 Å². The molecule has 6 nitrogen and oxygen atoms in total. The third-order valence-corrected chi connectivity index (χ3v) is 2.18. The molecular formula is C11H22N2O4. The number of hydrogen-bond acceptors (Lipinski definition) is 3. The molecule has 0 aromatic heterocycles. The number of urea groups is 1. The maximum atomic E-state index is 11.8. The predicted molar refractivity (Wildman–Crippen MR) is 63.9 cm³/mol. The summed E-state index contributed by atoms with van der Waals surface area (Å²) in [5, 5.41) is 11.3. The maximum Gasteiger partial charge on any atom is 0.328 e. The van der Waals surface area contributed by atoms with Crippen LogP contribution in [0.4, 0.5) is 4.79 Å². The van der Waals surface area contributed by atoms with Gasteiger partial charge in [-0.05, 0) is 12.8 Å². The van der Waals surface area contributed by atoms with Crippen molar-refractivity contribution < 1.29 is 19.4 Å². The van der Waals surface area contributed by atoms with Gasteiger partial charge in [0.2, 0.25) is 0 Å². The van der Waals surface area contributed by atoms with Gasteiger partial charge < -0.3 is 20.1 Å². The zero-order valence-electron chi connectivity index (χ0n) is 10.9. The molecule has 2 N–H and O–H groups in total. The molecule has 0 spiro atoms. The number of amides is 2. The number of carbonyl (C=O) groups excluding carboxylic acids is 1. The van der Waals surface area contributed by atoms with Crippen LogP contribution in [-0.2, 0) is 9.53 Å². The number of rotatable bonds is 7. The summed E-state index contributed by atoms with van der Waals surface area (Å²) in [5.74, 6) is -0.757. The Morgan fingerprint density at radius 1 is 1.41 bits per heavy atom. The van der Waals surface area contributed by atoms with Crippen molar-refractivity contribution in [3.63, 3.8) is 0 Å². The normalized spacial score (nSPS) is 12.3. The molecule has 1 unspecified atom stereocenters. The first-order valence-electron chi connectivity index (χ1n) is 5.69. The lowest BCUT2D eigenvalue weighted by molar-refractivity contribution is -0.140. The van der Waals surface area contributed by atoms with Gasteiger partial charge in [0.05, 0.1) is 6.61 Å². The van der Waals surface area contributed by atoms with Gasteiger partial charge in [0.15, 0.2) is 6.04 Å². The lowest BCUT2D eigenvalue weighted by Gasteiger charge is -2.25. The van der Waals surface area contributed by atoms with Gasteiger partial charge in [-0.3, -0.25) is 0 Å². The molecule has 0 aliphatic carbocycles. The standard InChI is InChI=1S/C11H22N2O4/c1-5-13(6-8(2)3)11(16)12-9(7-17-4)10(14)15/h8-9H,5-7H2,1-4H3,(H,12,16)(H,14,15). The van der Waals surface area contributed by atoms with Gasteiger partial charge >= 0.3 is 12.0 Å². The monoisotopic (exact) mass is 246 g/mol. The molecule has 100 valence electrons. The van der Waals surface area contributed by atoms with Crippen molar-refractivity contribution in [2.45, 2.75) is 26.8 Å².